The van der Waals surface area contributed by atoms with E-state index in [1.165, 1.54) is 24.3 Å². The summed E-state index contributed by atoms with van der Waals surface area (Å²) in [6, 6.07) is 6.64. The Balaban J connectivity index is 2.08. The van der Waals surface area contributed by atoms with Crippen LogP contribution in [0.4, 0.5) is 18.9 Å². The number of carbonyl (C=O) groups is 1. The van der Waals surface area contributed by atoms with Gasteiger partial charge in [0.2, 0.25) is 0 Å². The van der Waals surface area contributed by atoms with Crippen molar-refractivity contribution in [3.63, 3.8) is 0 Å². The molecule has 136 valence electrons. The van der Waals surface area contributed by atoms with Crippen molar-refractivity contribution in [2.45, 2.75) is 19.5 Å². The second-order valence-electron chi connectivity index (χ2n) is 5.52. The Morgan fingerprint density at radius 3 is 2.42 bits per heavy atom. The Bertz CT molecular complexity index is 979. The number of alkyl halides is 3. The lowest BCUT2D eigenvalue weighted by Crippen LogP contribution is -2.17. The van der Waals surface area contributed by atoms with Crippen LogP contribution in [0.3, 0.4) is 0 Å². The van der Waals surface area contributed by atoms with Crippen LogP contribution in [0.25, 0.3) is 5.65 Å². The number of pyridine rings is 1. The van der Waals surface area contributed by atoms with Crippen LogP contribution >= 0.6 is 23.2 Å². The van der Waals surface area contributed by atoms with E-state index >= 15 is 0 Å². The second kappa shape index (κ2) is 6.81. The van der Waals surface area contributed by atoms with Crippen molar-refractivity contribution < 1.29 is 18.0 Å². The first-order chi connectivity index (χ1) is 12.2. The molecule has 9 heteroatoms. The molecule has 2 heterocycles. The normalized spacial score (nSPS) is 11.8. The number of anilines is 1. The van der Waals surface area contributed by atoms with Gasteiger partial charge in [0.1, 0.15) is 11.3 Å². The van der Waals surface area contributed by atoms with Crippen LogP contribution in [0.2, 0.25) is 10.0 Å². The molecule has 4 nitrogen and oxygen atoms in total. The maximum absolute atomic E-state index is 13.0. The molecule has 0 aliphatic rings. The zero-order chi connectivity index (χ0) is 19.1. The first kappa shape index (κ1) is 18.5. The predicted octanol–water partition coefficient (Wildman–Crippen LogP) is 5.47. The maximum atomic E-state index is 13.0. The molecular formula is C17H12Cl2F3N3O. The smallest absolute Gasteiger partial charge is 0.321 e. The SMILES string of the molecule is CCc1nc2ccc(C(F)(F)F)cn2c1C(=O)Nc1cc(Cl)cc(Cl)c1. The van der Waals surface area contributed by atoms with E-state index < -0.39 is 17.6 Å². The number of hydrogen-bond donors (Lipinski definition) is 1. The van der Waals surface area contributed by atoms with Crippen molar-refractivity contribution in [3.05, 3.63) is 63.5 Å². The van der Waals surface area contributed by atoms with Gasteiger partial charge >= 0.3 is 6.18 Å². The number of carbonyl (C=O) groups excluding carboxylic acids is 1. The highest BCUT2D eigenvalue weighted by molar-refractivity contribution is 6.35. The molecule has 1 amide bonds. The van der Waals surface area contributed by atoms with Gasteiger partial charge in [0.05, 0.1) is 11.3 Å². The van der Waals surface area contributed by atoms with E-state index in [0.717, 1.165) is 16.7 Å². The van der Waals surface area contributed by atoms with Crippen LogP contribution < -0.4 is 5.32 Å². The average Bonchev–Trinajstić information content (AvgIpc) is 2.90. The number of rotatable bonds is 3. The third-order valence-corrected chi connectivity index (χ3v) is 4.12. The molecule has 1 N–H and O–H groups in total. The minimum absolute atomic E-state index is 0.0321. The van der Waals surface area contributed by atoms with Gasteiger partial charge in [-0.3, -0.25) is 9.20 Å². The summed E-state index contributed by atoms with van der Waals surface area (Å²) in [5.74, 6) is -0.605. The van der Waals surface area contributed by atoms with Gasteiger partial charge in [0.25, 0.3) is 5.91 Å². The summed E-state index contributed by atoms with van der Waals surface area (Å²) >= 11 is 11.8. The Morgan fingerprint density at radius 2 is 1.85 bits per heavy atom. The van der Waals surface area contributed by atoms with Gasteiger partial charge in [-0.15, -0.1) is 0 Å². The van der Waals surface area contributed by atoms with E-state index in [4.69, 9.17) is 23.2 Å². The van der Waals surface area contributed by atoms with Crippen molar-refractivity contribution in [2.24, 2.45) is 0 Å². The highest BCUT2D eigenvalue weighted by atomic mass is 35.5. The van der Waals surface area contributed by atoms with Gasteiger partial charge in [0, 0.05) is 21.9 Å². The third-order valence-electron chi connectivity index (χ3n) is 3.69. The zero-order valence-corrected chi connectivity index (χ0v) is 14.9. The van der Waals surface area contributed by atoms with Gasteiger partial charge in [-0.25, -0.2) is 4.98 Å². The molecule has 0 aliphatic carbocycles. The number of fused-ring (bicyclic) bond motifs is 1. The number of imidazole rings is 1. The van der Waals surface area contributed by atoms with Crippen molar-refractivity contribution in [2.75, 3.05) is 5.32 Å². The largest absolute Gasteiger partial charge is 0.417 e. The molecule has 0 saturated carbocycles. The van der Waals surface area contributed by atoms with Gasteiger partial charge in [-0.1, -0.05) is 30.1 Å². The zero-order valence-electron chi connectivity index (χ0n) is 13.4. The topological polar surface area (TPSA) is 46.4 Å². The van der Waals surface area contributed by atoms with Crippen LogP contribution in [0.5, 0.6) is 0 Å². The van der Waals surface area contributed by atoms with Gasteiger partial charge < -0.3 is 5.32 Å². The molecule has 3 aromatic rings. The molecule has 0 atom stereocenters. The minimum atomic E-state index is -4.53. The average molecular weight is 402 g/mol. The lowest BCUT2D eigenvalue weighted by molar-refractivity contribution is -0.137. The molecule has 0 saturated heterocycles. The Hall–Kier alpha value is -2.25. The molecule has 26 heavy (non-hydrogen) atoms. The summed E-state index contributed by atoms with van der Waals surface area (Å²) in [7, 11) is 0. The summed E-state index contributed by atoms with van der Waals surface area (Å²) in [5, 5.41) is 3.24. The van der Waals surface area contributed by atoms with Crippen molar-refractivity contribution in [3.8, 4) is 0 Å². The lowest BCUT2D eigenvalue weighted by atomic mass is 10.2. The van der Waals surface area contributed by atoms with E-state index in [1.807, 2.05) is 0 Å². The first-order valence-electron chi connectivity index (χ1n) is 7.54. The minimum Gasteiger partial charge on any atom is -0.321 e. The number of aromatic nitrogens is 2. The number of nitrogens with zero attached hydrogens (tertiary/aromatic N) is 2. The maximum Gasteiger partial charge on any atom is 0.417 e. The number of aryl methyl sites for hydroxylation is 1. The molecule has 0 fully saturated rings. The quantitative estimate of drug-likeness (QED) is 0.631. The number of halogens is 5. The summed E-state index contributed by atoms with van der Waals surface area (Å²) in [6.45, 7) is 1.76. The molecular weight excluding hydrogens is 390 g/mol. The van der Waals surface area contributed by atoms with Crippen LogP contribution in [0.15, 0.2) is 36.5 Å². The Labute approximate surface area is 156 Å². The number of amides is 1. The third kappa shape index (κ3) is 3.64. The van der Waals surface area contributed by atoms with Gasteiger partial charge in [0.15, 0.2) is 0 Å². The van der Waals surface area contributed by atoms with Crippen molar-refractivity contribution in [1.82, 2.24) is 9.38 Å². The highest BCUT2D eigenvalue weighted by Gasteiger charge is 2.31. The molecule has 0 bridgehead atoms. The van der Waals surface area contributed by atoms with Crippen LogP contribution in [0.1, 0.15) is 28.7 Å². The fraction of sp³-hybridized carbons (Fsp3) is 0.176. The van der Waals surface area contributed by atoms with Crippen LogP contribution in [-0.2, 0) is 12.6 Å². The van der Waals surface area contributed by atoms with E-state index in [0.29, 0.717) is 27.8 Å². The molecule has 0 unspecified atom stereocenters. The Morgan fingerprint density at radius 1 is 1.19 bits per heavy atom. The standard InChI is InChI=1S/C17H12Cl2F3N3O/c1-2-13-15(16(26)23-12-6-10(18)5-11(19)7-12)25-8-9(17(20,21)22)3-4-14(25)24-13/h3-8H,2H2,1H3,(H,23,26). The number of benzene rings is 1. The number of hydrogen-bond acceptors (Lipinski definition) is 2. The summed E-state index contributed by atoms with van der Waals surface area (Å²) in [4.78, 5) is 16.9. The van der Waals surface area contributed by atoms with Gasteiger partial charge in [-0.05, 0) is 36.8 Å². The molecule has 2 aromatic heterocycles. The summed E-state index contributed by atoms with van der Waals surface area (Å²) < 4.78 is 40.2. The second-order valence-corrected chi connectivity index (χ2v) is 6.39. The van der Waals surface area contributed by atoms with Gasteiger partial charge in [-0.2, -0.15) is 13.2 Å². The lowest BCUT2D eigenvalue weighted by Gasteiger charge is -2.10. The van der Waals surface area contributed by atoms with Crippen molar-refractivity contribution >= 4 is 40.4 Å². The Kier molecular flexibility index (Phi) is 4.86. The van der Waals surface area contributed by atoms with Crippen LogP contribution in [-0.4, -0.2) is 15.3 Å². The van der Waals surface area contributed by atoms with E-state index in [9.17, 15) is 18.0 Å². The summed E-state index contributed by atoms with van der Waals surface area (Å²) in [6.07, 6.45) is -3.29. The van der Waals surface area contributed by atoms with E-state index in [-0.39, 0.29) is 11.3 Å². The molecule has 3 rings (SSSR count). The monoisotopic (exact) mass is 401 g/mol. The predicted molar refractivity (Wildman–Crippen MR) is 94.0 cm³/mol. The van der Waals surface area contributed by atoms with Crippen LogP contribution in [0, 0.1) is 0 Å². The molecule has 0 spiro atoms. The molecule has 1 aromatic carbocycles. The molecule has 0 radical (unpaired) electrons. The van der Waals surface area contributed by atoms with E-state index in [2.05, 4.69) is 10.3 Å². The highest BCUT2D eigenvalue weighted by Crippen LogP contribution is 2.30. The van der Waals surface area contributed by atoms with Crippen molar-refractivity contribution in [1.29, 1.82) is 0 Å². The molecule has 0 aliphatic heterocycles. The summed E-state index contributed by atoms with van der Waals surface area (Å²) in [5.41, 5.74) is 0.130. The fourth-order valence-electron chi connectivity index (χ4n) is 2.56. The first-order valence-corrected chi connectivity index (χ1v) is 8.30. The van der Waals surface area contributed by atoms with E-state index in [1.54, 1.807) is 6.92 Å². The fourth-order valence-corrected chi connectivity index (χ4v) is 3.09. The number of nitrogens with one attached hydrogen (secondary N) is 1.